The Morgan fingerprint density at radius 2 is 1.77 bits per heavy atom. The topological polar surface area (TPSA) is 89.3 Å². The van der Waals surface area contributed by atoms with Gasteiger partial charge in [-0.25, -0.2) is 13.6 Å². The zero-order chi connectivity index (χ0) is 19.3. The van der Waals surface area contributed by atoms with Crippen LogP contribution in [0.2, 0.25) is 5.02 Å². The van der Waals surface area contributed by atoms with Crippen molar-refractivity contribution >= 4 is 33.2 Å². The molecule has 2 aromatic rings. The zero-order valence-electron chi connectivity index (χ0n) is 14.8. The van der Waals surface area contributed by atoms with Gasteiger partial charge in [-0.2, -0.15) is 0 Å². The van der Waals surface area contributed by atoms with Crippen molar-refractivity contribution in [1.29, 1.82) is 0 Å². The van der Waals surface area contributed by atoms with Crippen LogP contribution in [0.25, 0.3) is 0 Å². The Balaban J connectivity index is 1.81. The van der Waals surface area contributed by atoms with Crippen molar-refractivity contribution in [3.8, 4) is 0 Å². The number of primary sulfonamides is 1. The number of nitrogens with one attached hydrogen (secondary N) is 1. The summed E-state index contributed by atoms with van der Waals surface area (Å²) in [6.07, 6.45) is 0. The number of hydrogen-bond acceptors (Lipinski definition) is 3. The Bertz CT molecular complexity index is 969. The van der Waals surface area contributed by atoms with Crippen molar-refractivity contribution in [2.45, 2.75) is 31.6 Å². The maximum atomic E-state index is 12.8. The van der Waals surface area contributed by atoms with Gasteiger partial charge in [-0.15, -0.1) is 0 Å². The van der Waals surface area contributed by atoms with Crippen LogP contribution in [0.3, 0.4) is 0 Å². The fourth-order valence-corrected chi connectivity index (χ4v) is 4.24. The highest BCUT2D eigenvalue weighted by Gasteiger charge is 2.62. The number of rotatable bonds is 4. The number of nitrogens with two attached hydrogens (primary N) is 1. The number of benzene rings is 2. The van der Waals surface area contributed by atoms with Gasteiger partial charge in [0, 0.05) is 16.6 Å². The Morgan fingerprint density at radius 3 is 2.35 bits per heavy atom. The lowest BCUT2D eigenvalue weighted by molar-refractivity contribution is -0.118. The molecule has 0 saturated heterocycles. The molecule has 1 aliphatic carbocycles. The molecule has 0 radical (unpaired) electrons. The number of sulfonamides is 1. The zero-order valence-corrected chi connectivity index (χ0v) is 16.4. The van der Waals surface area contributed by atoms with E-state index >= 15 is 0 Å². The van der Waals surface area contributed by atoms with E-state index < -0.39 is 10.0 Å². The van der Waals surface area contributed by atoms with E-state index in [1.54, 1.807) is 24.3 Å². The van der Waals surface area contributed by atoms with E-state index in [0.717, 1.165) is 11.1 Å². The lowest BCUT2D eigenvalue weighted by Crippen LogP contribution is -2.17. The van der Waals surface area contributed by atoms with Crippen molar-refractivity contribution in [1.82, 2.24) is 0 Å². The Labute approximate surface area is 158 Å². The maximum Gasteiger partial charge on any atom is 0.238 e. The Kier molecular flexibility index (Phi) is 4.63. The molecule has 2 aromatic carbocycles. The van der Waals surface area contributed by atoms with E-state index in [4.69, 9.17) is 16.7 Å². The van der Waals surface area contributed by atoms with Crippen LogP contribution in [0, 0.1) is 18.3 Å². The lowest BCUT2D eigenvalue weighted by atomic mass is 10.0. The van der Waals surface area contributed by atoms with Crippen LogP contribution in [0.4, 0.5) is 5.69 Å². The van der Waals surface area contributed by atoms with Crippen molar-refractivity contribution in [3.63, 3.8) is 0 Å². The van der Waals surface area contributed by atoms with Crippen LogP contribution >= 0.6 is 11.6 Å². The van der Waals surface area contributed by atoms with Gasteiger partial charge in [0.25, 0.3) is 0 Å². The summed E-state index contributed by atoms with van der Waals surface area (Å²) < 4.78 is 22.8. The first-order valence-corrected chi connectivity index (χ1v) is 10.1. The van der Waals surface area contributed by atoms with Crippen LogP contribution in [-0.2, 0) is 14.8 Å². The number of halogens is 1. The number of anilines is 1. The van der Waals surface area contributed by atoms with Gasteiger partial charge in [0.1, 0.15) is 0 Å². The lowest BCUT2D eigenvalue weighted by Gasteiger charge is -2.09. The summed E-state index contributed by atoms with van der Waals surface area (Å²) >= 11 is 6.02. The third kappa shape index (κ3) is 3.49. The van der Waals surface area contributed by atoms with Crippen LogP contribution < -0.4 is 10.5 Å². The second kappa shape index (κ2) is 6.37. The van der Waals surface area contributed by atoms with Crippen molar-refractivity contribution in [3.05, 3.63) is 58.6 Å². The second-order valence-electron chi connectivity index (χ2n) is 7.34. The van der Waals surface area contributed by atoms with Gasteiger partial charge < -0.3 is 5.32 Å². The third-order valence-electron chi connectivity index (χ3n) is 5.14. The Morgan fingerprint density at radius 1 is 1.15 bits per heavy atom. The standard InChI is InChI=1S/C19H21ClN2O3S/c1-11-4-7-13(20)10-15(11)22-18(23)17-16(19(17,2)3)12-5-8-14(9-6-12)26(21,24)25/h4-10,16-17H,1-3H3,(H,22,23)(H2,21,24,25)/t16-,17+/m1/s1. The predicted molar refractivity (Wildman–Crippen MR) is 103 cm³/mol. The highest BCUT2D eigenvalue weighted by molar-refractivity contribution is 7.89. The van der Waals surface area contributed by atoms with Gasteiger partial charge in [-0.3, -0.25) is 4.79 Å². The van der Waals surface area contributed by atoms with E-state index in [-0.39, 0.29) is 28.1 Å². The van der Waals surface area contributed by atoms with Gasteiger partial charge in [0.05, 0.1) is 10.8 Å². The molecule has 0 spiro atoms. The molecule has 3 N–H and O–H groups in total. The summed E-state index contributed by atoms with van der Waals surface area (Å²) in [6.45, 7) is 5.97. The summed E-state index contributed by atoms with van der Waals surface area (Å²) in [7, 11) is -3.72. The first-order valence-electron chi connectivity index (χ1n) is 8.21. The van der Waals surface area contributed by atoms with Crippen molar-refractivity contribution < 1.29 is 13.2 Å². The molecular weight excluding hydrogens is 372 g/mol. The van der Waals surface area contributed by atoms with E-state index in [1.165, 1.54) is 12.1 Å². The van der Waals surface area contributed by atoms with Gasteiger partial charge in [-0.05, 0) is 47.7 Å². The first kappa shape index (κ1) is 18.9. The van der Waals surface area contributed by atoms with Gasteiger partial charge in [-0.1, -0.05) is 43.6 Å². The summed E-state index contributed by atoms with van der Waals surface area (Å²) in [5.74, 6) is -0.265. The number of hydrogen-bond donors (Lipinski definition) is 2. The highest BCUT2D eigenvalue weighted by atomic mass is 35.5. The quantitative estimate of drug-likeness (QED) is 0.831. The molecule has 5 nitrogen and oxygen atoms in total. The average Bonchev–Trinajstić information content (AvgIpc) is 3.12. The van der Waals surface area contributed by atoms with E-state index in [1.807, 2.05) is 26.8 Å². The van der Waals surface area contributed by atoms with Crippen LogP contribution in [0.15, 0.2) is 47.4 Å². The molecule has 7 heteroatoms. The molecule has 0 unspecified atom stereocenters. The Hall–Kier alpha value is -1.89. The fourth-order valence-electron chi connectivity index (χ4n) is 3.55. The summed E-state index contributed by atoms with van der Waals surface area (Å²) in [5.41, 5.74) is 2.34. The summed E-state index contributed by atoms with van der Waals surface area (Å²) in [6, 6.07) is 11.8. The van der Waals surface area contributed by atoms with Gasteiger partial charge in [0.15, 0.2) is 0 Å². The van der Waals surface area contributed by atoms with Crippen LogP contribution in [0.1, 0.15) is 30.9 Å². The van der Waals surface area contributed by atoms with Gasteiger partial charge >= 0.3 is 0 Å². The number of amides is 1. The second-order valence-corrected chi connectivity index (χ2v) is 9.34. The van der Waals surface area contributed by atoms with Crippen LogP contribution in [-0.4, -0.2) is 14.3 Å². The fraction of sp³-hybridized carbons (Fsp3) is 0.316. The molecule has 26 heavy (non-hydrogen) atoms. The molecule has 1 amide bonds. The van der Waals surface area contributed by atoms with Crippen LogP contribution in [0.5, 0.6) is 0 Å². The minimum atomic E-state index is -3.72. The normalized spacial score (nSPS) is 21.3. The number of carbonyl (C=O) groups is 1. The summed E-state index contributed by atoms with van der Waals surface area (Å²) in [4.78, 5) is 12.9. The summed E-state index contributed by atoms with van der Waals surface area (Å²) in [5, 5.41) is 8.67. The molecule has 138 valence electrons. The maximum absolute atomic E-state index is 12.8. The van der Waals surface area contributed by atoms with Gasteiger partial charge in [0.2, 0.25) is 15.9 Å². The van der Waals surface area contributed by atoms with Crippen molar-refractivity contribution in [2.24, 2.45) is 16.5 Å². The molecule has 2 atom stereocenters. The molecule has 1 fully saturated rings. The molecule has 0 bridgehead atoms. The SMILES string of the molecule is Cc1ccc(Cl)cc1NC(=O)[C@@H]1[C@@H](c2ccc(S(N)(=O)=O)cc2)C1(C)C. The number of carbonyl (C=O) groups excluding carboxylic acids is 1. The largest absolute Gasteiger partial charge is 0.326 e. The van der Waals surface area contributed by atoms with E-state index in [2.05, 4.69) is 5.32 Å². The van der Waals surface area contributed by atoms with E-state index in [0.29, 0.717) is 10.7 Å². The molecule has 0 heterocycles. The average molecular weight is 393 g/mol. The minimum absolute atomic E-state index is 0.0107. The smallest absolute Gasteiger partial charge is 0.238 e. The number of aryl methyl sites for hydroxylation is 1. The third-order valence-corrected chi connectivity index (χ3v) is 6.30. The molecule has 3 rings (SSSR count). The monoisotopic (exact) mass is 392 g/mol. The molecule has 1 saturated carbocycles. The first-order chi connectivity index (χ1) is 12.0. The molecule has 0 aliphatic heterocycles. The van der Waals surface area contributed by atoms with Crippen molar-refractivity contribution in [2.75, 3.05) is 5.32 Å². The van der Waals surface area contributed by atoms with E-state index in [9.17, 15) is 13.2 Å². The minimum Gasteiger partial charge on any atom is -0.326 e. The molecular formula is C19H21ClN2O3S. The molecule has 0 aromatic heterocycles. The highest BCUT2D eigenvalue weighted by Crippen LogP contribution is 2.64. The predicted octanol–water partition coefficient (Wildman–Crippen LogP) is 3.67. The molecule has 1 aliphatic rings.